The topological polar surface area (TPSA) is 33.3 Å². The molecule has 0 saturated heterocycles. The van der Waals surface area contributed by atoms with E-state index < -0.39 is 0 Å². The Morgan fingerprint density at radius 1 is 1.32 bits per heavy atom. The lowest BCUT2D eigenvalue weighted by molar-refractivity contribution is 0.122. The summed E-state index contributed by atoms with van der Waals surface area (Å²) < 4.78 is 5.62. The Kier molecular flexibility index (Phi) is 4.36. The molecule has 1 aromatic carbocycles. The minimum atomic E-state index is 0.881. The normalized spacial score (nSPS) is 17.3. The van der Waals surface area contributed by atoms with Crippen molar-refractivity contribution in [3.8, 4) is 0 Å². The predicted molar refractivity (Wildman–Crippen MR) is 78.5 cm³/mol. The summed E-state index contributed by atoms with van der Waals surface area (Å²) in [5.41, 5.74) is 4.15. The van der Waals surface area contributed by atoms with Crippen molar-refractivity contribution < 1.29 is 4.74 Å². The highest BCUT2D eigenvalue weighted by atomic mass is 16.5. The number of hydrogen-bond donors (Lipinski definition) is 2. The van der Waals surface area contributed by atoms with Crippen molar-refractivity contribution in [2.45, 2.75) is 32.2 Å². The number of nitrogens with one attached hydrogen (secondary N) is 2. The van der Waals surface area contributed by atoms with Crippen LogP contribution in [0.3, 0.4) is 0 Å². The zero-order chi connectivity index (χ0) is 12.9. The van der Waals surface area contributed by atoms with Gasteiger partial charge < -0.3 is 15.4 Å². The molecular weight excluding hydrogens is 236 g/mol. The molecule has 3 heteroatoms. The van der Waals surface area contributed by atoms with Gasteiger partial charge in [0, 0.05) is 32.0 Å². The van der Waals surface area contributed by atoms with E-state index in [-0.39, 0.29) is 0 Å². The van der Waals surface area contributed by atoms with Crippen LogP contribution < -0.4 is 10.6 Å². The van der Waals surface area contributed by atoms with Gasteiger partial charge in [-0.2, -0.15) is 0 Å². The minimum absolute atomic E-state index is 0.881. The summed E-state index contributed by atoms with van der Waals surface area (Å²) in [6.45, 7) is 4.96. The number of fused-ring (bicyclic) bond motifs is 1. The fourth-order valence-electron chi connectivity index (χ4n) is 2.51. The fraction of sp³-hybridized carbons (Fsp3) is 0.625. The number of rotatable bonds is 8. The summed E-state index contributed by atoms with van der Waals surface area (Å²) in [6, 6.07) is 6.77. The molecule has 2 aliphatic rings. The van der Waals surface area contributed by atoms with Gasteiger partial charge in [0.05, 0.1) is 0 Å². The average Bonchev–Trinajstić information content (AvgIpc) is 3.13. The van der Waals surface area contributed by atoms with Crippen molar-refractivity contribution >= 4 is 5.69 Å². The maximum Gasteiger partial charge on any atom is 0.0494 e. The molecule has 1 aliphatic heterocycles. The zero-order valence-electron chi connectivity index (χ0n) is 11.6. The third-order valence-corrected chi connectivity index (χ3v) is 3.91. The van der Waals surface area contributed by atoms with E-state index >= 15 is 0 Å². The SMILES string of the molecule is c1cc2c(cc1CNCCCOCC1CC1)NCC2. The number of benzene rings is 1. The molecular formula is C16H24N2O. The van der Waals surface area contributed by atoms with Gasteiger partial charge in [-0.25, -0.2) is 0 Å². The smallest absolute Gasteiger partial charge is 0.0494 e. The van der Waals surface area contributed by atoms with Gasteiger partial charge in [0.1, 0.15) is 0 Å². The quantitative estimate of drug-likeness (QED) is 0.705. The molecule has 0 amide bonds. The van der Waals surface area contributed by atoms with Crippen molar-refractivity contribution in [1.82, 2.24) is 5.32 Å². The van der Waals surface area contributed by atoms with Gasteiger partial charge in [-0.3, -0.25) is 0 Å². The lowest BCUT2D eigenvalue weighted by atomic mass is 10.1. The third-order valence-electron chi connectivity index (χ3n) is 3.91. The van der Waals surface area contributed by atoms with Gasteiger partial charge in [-0.05, 0) is 55.3 Å². The minimum Gasteiger partial charge on any atom is -0.384 e. The summed E-state index contributed by atoms with van der Waals surface area (Å²) in [7, 11) is 0. The second kappa shape index (κ2) is 6.40. The van der Waals surface area contributed by atoms with E-state index in [4.69, 9.17) is 4.74 Å². The molecule has 1 heterocycles. The van der Waals surface area contributed by atoms with Gasteiger partial charge in [0.2, 0.25) is 0 Å². The van der Waals surface area contributed by atoms with E-state index in [2.05, 4.69) is 28.8 Å². The molecule has 0 spiro atoms. The van der Waals surface area contributed by atoms with Gasteiger partial charge in [0.15, 0.2) is 0 Å². The molecule has 104 valence electrons. The Morgan fingerprint density at radius 2 is 2.26 bits per heavy atom. The van der Waals surface area contributed by atoms with Crippen molar-refractivity contribution in [3.05, 3.63) is 29.3 Å². The van der Waals surface area contributed by atoms with Crippen LogP contribution in [0.15, 0.2) is 18.2 Å². The van der Waals surface area contributed by atoms with Gasteiger partial charge in [-0.1, -0.05) is 12.1 Å². The lowest BCUT2D eigenvalue weighted by Gasteiger charge is -2.07. The molecule has 1 aromatic rings. The maximum atomic E-state index is 5.62. The van der Waals surface area contributed by atoms with E-state index in [9.17, 15) is 0 Å². The van der Waals surface area contributed by atoms with Crippen LogP contribution in [-0.4, -0.2) is 26.3 Å². The third kappa shape index (κ3) is 3.95. The average molecular weight is 260 g/mol. The van der Waals surface area contributed by atoms with Crippen LogP contribution in [-0.2, 0) is 17.7 Å². The summed E-state index contributed by atoms with van der Waals surface area (Å²) in [4.78, 5) is 0. The van der Waals surface area contributed by atoms with Crippen LogP contribution in [0.1, 0.15) is 30.4 Å². The standard InChI is InChI=1S/C16H24N2O/c1(9-19-12-13-2-3-13)7-17-11-14-4-5-15-6-8-18-16(15)10-14/h4-5,10,13,17-18H,1-3,6-9,11-12H2. The van der Waals surface area contributed by atoms with Crippen molar-refractivity contribution in [2.75, 3.05) is 31.6 Å². The van der Waals surface area contributed by atoms with Gasteiger partial charge >= 0.3 is 0 Å². The van der Waals surface area contributed by atoms with E-state index in [1.165, 1.54) is 36.1 Å². The summed E-state index contributed by atoms with van der Waals surface area (Å²) in [6.07, 6.45) is 5.03. The first-order chi connectivity index (χ1) is 9.42. The molecule has 0 atom stereocenters. The fourth-order valence-corrected chi connectivity index (χ4v) is 2.51. The second-order valence-corrected chi connectivity index (χ2v) is 5.72. The molecule has 0 aromatic heterocycles. The van der Waals surface area contributed by atoms with Crippen LogP contribution in [0, 0.1) is 5.92 Å². The van der Waals surface area contributed by atoms with E-state index in [1.54, 1.807) is 0 Å². The van der Waals surface area contributed by atoms with Crippen LogP contribution in [0.5, 0.6) is 0 Å². The van der Waals surface area contributed by atoms with Gasteiger partial charge in [0.25, 0.3) is 0 Å². The van der Waals surface area contributed by atoms with Crippen LogP contribution in [0.2, 0.25) is 0 Å². The van der Waals surface area contributed by atoms with Crippen molar-refractivity contribution in [2.24, 2.45) is 5.92 Å². The Balaban J connectivity index is 1.29. The molecule has 3 rings (SSSR count). The number of anilines is 1. The Hall–Kier alpha value is -1.06. The first-order valence-electron chi connectivity index (χ1n) is 7.56. The van der Waals surface area contributed by atoms with Crippen LogP contribution in [0.4, 0.5) is 5.69 Å². The monoisotopic (exact) mass is 260 g/mol. The van der Waals surface area contributed by atoms with E-state index in [0.717, 1.165) is 45.2 Å². The summed E-state index contributed by atoms with van der Waals surface area (Å²) >= 11 is 0. The molecule has 3 nitrogen and oxygen atoms in total. The second-order valence-electron chi connectivity index (χ2n) is 5.72. The first-order valence-corrected chi connectivity index (χ1v) is 7.56. The highest BCUT2D eigenvalue weighted by Crippen LogP contribution is 2.28. The molecule has 2 N–H and O–H groups in total. The lowest BCUT2D eigenvalue weighted by Crippen LogP contribution is -2.16. The van der Waals surface area contributed by atoms with Crippen molar-refractivity contribution in [1.29, 1.82) is 0 Å². The summed E-state index contributed by atoms with van der Waals surface area (Å²) in [5.74, 6) is 0.881. The van der Waals surface area contributed by atoms with E-state index in [1.807, 2.05) is 0 Å². The first kappa shape index (κ1) is 12.9. The Bertz CT molecular complexity index is 415. The zero-order valence-corrected chi connectivity index (χ0v) is 11.6. The van der Waals surface area contributed by atoms with Crippen LogP contribution in [0.25, 0.3) is 0 Å². The Labute approximate surface area is 115 Å². The Morgan fingerprint density at radius 3 is 3.16 bits per heavy atom. The molecule has 1 saturated carbocycles. The highest BCUT2D eigenvalue weighted by molar-refractivity contribution is 5.56. The van der Waals surface area contributed by atoms with Crippen LogP contribution >= 0.6 is 0 Å². The largest absolute Gasteiger partial charge is 0.384 e. The molecule has 1 fully saturated rings. The number of ether oxygens (including phenoxy) is 1. The highest BCUT2D eigenvalue weighted by Gasteiger charge is 2.20. The van der Waals surface area contributed by atoms with E-state index in [0.29, 0.717) is 0 Å². The number of hydrogen-bond acceptors (Lipinski definition) is 3. The molecule has 0 bridgehead atoms. The molecule has 0 radical (unpaired) electrons. The predicted octanol–water partition coefficient (Wildman–Crippen LogP) is 2.56. The molecule has 19 heavy (non-hydrogen) atoms. The summed E-state index contributed by atoms with van der Waals surface area (Å²) in [5, 5.41) is 6.92. The maximum absolute atomic E-state index is 5.62. The van der Waals surface area contributed by atoms with Gasteiger partial charge in [-0.15, -0.1) is 0 Å². The molecule has 1 aliphatic carbocycles. The van der Waals surface area contributed by atoms with Crippen molar-refractivity contribution in [3.63, 3.8) is 0 Å². The molecule has 0 unspecified atom stereocenters.